The van der Waals surface area contributed by atoms with Gasteiger partial charge >= 0.3 is 11.9 Å². The third-order valence-electron chi connectivity index (χ3n) is 7.92. The SMILES string of the molecule is Cc1cc([SH](c2ccccc2)c2ccccc2)cc(C)c1OCC(=O)OC1CCC2CC(C(=O)O)CC1C2. The predicted octanol–water partition coefficient (Wildman–Crippen LogP) is 6.98. The summed E-state index contributed by atoms with van der Waals surface area (Å²) < 4.78 is 11.8. The van der Waals surface area contributed by atoms with E-state index in [1.807, 2.05) is 26.0 Å². The topological polar surface area (TPSA) is 72.8 Å². The van der Waals surface area contributed by atoms with Crippen LogP contribution in [0.3, 0.4) is 0 Å². The molecule has 2 bridgehead atoms. The van der Waals surface area contributed by atoms with Gasteiger partial charge in [-0.3, -0.25) is 4.79 Å². The molecule has 2 saturated carbocycles. The van der Waals surface area contributed by atoms with Gasteiger partial charge in [0.05, 0.1) is 5.92 Å². The maximum atomic E-state index is 12.8. The first-order valence-corrected chi connectivity index (χ1v) is 14.8. The van der Waals surface area contributed by atoms with Gasteiger partial charge in [-0.15, -0.1) is 0 Å². The molecular weight excluding hydrogens is 496 g/mol. The molecule has 3 aromatic carbocycles. The number of carbonyl (C=O) groups excluding carboxylic acids is 1. The van der Waals surface area contributed by atoms with E-state index in [1.54, 1.807) is 0 Å². The average molecular weight is 533 g/mol. The molecule has 5 nitrogen and oxygen atoms in total. The van der Waals surface area contributed by atoms with Gasteiger partial charge in [-0.2, -0.15) is 10.9 Å². The van der Waals surface area contributed by atoms with Crippen molar-refractivity contribution in [2.75, 3.05) is 6.61 Å². The summed E-state index contributed by atoms with van der Waals surface area (Å²) in [5, 5.41) is 9.48. The van der Waals surface area contributed by atoms with Crippen LogP contribution < -0.4 is 4.74 Å². The van der Waals surface area contributed by atoms with Crippen molar-refractivity contribution in [3.05, 3.63) is 83.9 Å². The second-order valence-electron chi connectivity index (χ2n) is 10.7. The lowest BCUT2D eigenvalue weighted by Crippen LogP contribution is -2.41. The van der Waals surface area contributed by atoms with Crippen molar-refractivity contribution in [2.24, 2.45) is 17.8 Å². The summed E-state index contributed by atoms with van der Waals surface area (Å²) in [5.74, 6) is -0.156. The van der Waals surface area contributed by atoms with Gasteiger partial charge < -0.3 is 14.6 Å². The van der Waals surface area contributed by atoms with Crippen LogP contribution in [-0.2, 0) is 14.3 Å². The van der Waals surface area contributed by atoms with Crippen molar-refractivity contribution < 1.29 is 24.2 Å². The molecule has 0 saturated heterocycles. The zero-order valence-electron chi connectivity index (χ0n) is 22.0. The molecule has 5 rings (SSSR count). The van der Waals surface area contributed by atoms with Gasteiger partial charge in [0.1, 0.15) is 11.9 Å². The van der Waals surface area contributed by atoms with Crippen molar-refractivity contribution in [1.82, 2.24) is 0 Å². The maximum absolute atomic E-state index is 12.8. The van der Waals surface area contributed by atoms with E-state index in [4.69, 9.17) is 9.47 Å². The predicted molar refractivity (Wildman–Crippen MR) is 149 cm³/mol. The van der Waals surface area contributed by atoms with Gasteiger partial charge in [-0.05, 0) is 120 Å². The van der Waals surface area contributed by atoms with Crippen LogP contribution in [-0.4, -0.2) is 29.8 Å². The summed E-state index contributed by atoms with van der Waals surface area (Å²) in [6.07, 6.45) is 3.81. The van der Waals surface area contributed by atoms with Crippen molar-refractivity contribution in [3.8, 4) is 5.75 Å². The van der Waals surface area contributed by atoms with Crippen molar-refractivity contribution in [3.63, 3.8) is 0 Å². The number of ether oxygens (including phenoxy) is 2. The first kappa shape index (κ1) is 26.4. The number of aryl methyl sites for hydroxylation is 2. The Labute approximate surface area is 227 Å². The van der Waals surface area contributed by atoms with E-state index < -0.39 is 16.9 Å². The molecule has 6 heteroatoms. The Balaban J connectivity index is 1.28. The summed E-state index contributed by atoms with van der Waals surface area (Å²) in [6.45, 7) is 3.90. The first-order chi connectivity index (χ1) is 18.4. The number of carboxylic acids is 1. The highest BCUT2D eigenvalue weighted by Gasteiger charge is 2.41. The van der Waals surface area contributed by atoms with Crippen LogP contribution in [0.5, 0.6) is 5.75 Å². The van der Waals surface area contributed by atoms with Gasteiger partial charge in [-0.1, -0.05) is 36.4 Å². The number of fused-ring (bicyclic) bond motifs is 2. The van der Waals surface area contributed by atoms with Crippen LogP contribution in [0.15, 0.2) is 87.5 Å². The van der Waals surface area contributed by atoms with Gasteiger partial charge in [0.2, 0.25) is 0 Å². The molecule has 2 aliphatic carbocycles. The van der Waals surface area contributed by atoms with Crippen LogP contribution in [0.1, 0.15) is 43.2 Å². The summed E-state index contributed by atoms with van der Waals surface area (Å²) in [4.78, 5) is 28.1. The normalized spacial score (nSPS) is 22.8. The number of benzene rings is 3. The fraction of sp³-hybridized carbons (Fsp3) is 0.375. The second kappa shape index (κ2) is 11.6. The molecule has 2 aliphatic rings. The molecule has 4 atom stereocenters. The number of esters is 1. The maximum Gasteiger partial charge on any atom is 0.344 e. The Morgan fingerprint density at radius 2 is 1.45 bits per heavy atom. The van der Waals surface area contributed by atoms with E-state index in [2.05, 4.69) is 60.7 Å². The van der Waals surface area contributed by atoms with E-state index in [9.17, 15) is 14.7 Å². The van der Waals surface area contributed by atoms with E-state index in [0.717, 1.165) is 36.8 Å². The summed E-state index contributed by atoms with van der Waals surface area (Å²) in [6, 6.07) is 25.5. The molecule has 0 aromatic heterocycles. The number of hydrogen-bond acceptors (Lipinski definition) is 4. The molecule has 0 heterocycles. The Bertz CT molecular complexity index is 1210. The fourth-order valence-electron chi connectivity index (χ4n) is 6.24. The zero-order valence-corrected chi connectivity index (χ0v) is 22.9. The lowest BCUT2D eigenvalue weighted by atomic mass is 9.67. The van der Waals surface area contributed by atoms with Gasteiger partial charge in [-0.25, -0.2) is 4.79 Å². The summed E-state index contributed by atoms with van der Waals surface area (Å²) >= 11 is 0. The van der Waals surface area contributed by atoms with Crippen molar-refractivity contribution >= 4 is 22.8 Å². The number of carbonyl (C=O) groups is 2. The van der Waals surface area contributed by atoms with E-state index >= 15 is 0 Å². The fourth-order valence-corrected chi connectivity index (χ4v) is 8.72. The van der Waals surface area contributed by atoms with Gasteiger partial charge in [0.25, 0.3) is 0 Å². The minimum Gasteiger partial charge on any atom is -0.481 e. The number of hydrogen-bond donors (Lipinski definition) is 2. The van der Waals surface area contributed by atoms with Crippen molar-refractivity contribution in [1.29, 1.82) is 0 Å². The summed E-state index contributed by atoms with van der Waals surface area (Å²) in [7, 11) is -0.727. The van der Waals surface area contributed by atoms with Gasteiger partial charge in [0.15, 0.2) is 6.61 Å². The Morgan fingerprint density at radius 3 is 2.03 bits per heavy atom. The molecule has 0 amide bonds. The van der Waals surface area contributed by atoms with E-state index in [1.165, 1.54) is 14.7 Å². The average Bonchev–Trinajstić information content (AvgIpc) is 2.91. The summed E-state index contributed by atoms with van der Waals surface area (Å²) in [5.41, 5.74) is 1.98. The van der Waals surface area contributed by atoms with Crippen LogP contribution >= 0.6 is 10.9 Å². The van der Waals surface area contributed by atoms with Crippen LogP contribution in [0.4, 0.5) is 0 Å². The number of thiol groups is 1. The minimum absolute atomic E-state index is 0.130. The first-order valence-electron chi connectivity index (χ1n) is 13.5. The monoisotopic (exact) mass is 532 g/mol. The Kier molecular flexibility index (Phi) is 8.08. The Hall–Kier alpha value is -3.25. The molecule has 2 fully saturated rings. The molecule has 3 aromatic rings. The van der Waals surface area contributed by atoms with Gasteiger partial charge in [0, 0.05) is 0 Å². The number of rotatable bonds is 8. The largest absolute Gasteiger partial charge is 0.481 e. The van der Waals surface area contributed by atoms with Crippen molar-refractivity contribution in [2.45, 2.75) is 66.7 Å². The van der Waals surface area contributed by atoms with E-state index in [-0.39, 0.29) is 30.5 Å². The standard InChI is InChI=1S/C32H36O5S/c1-21-15-28(38(26-9-5-3-6-10-26)27-11-7-4-8-12-27)16-22(2)31(21)36-20-30(33)37-29-14-13-23-17-24(29)19-25(18-23)32(34)35/h3-12,15-16,23-25,29,38H,13-14,17-20H2,1-2H3,(H,34,35). The quantitative estimate of drug-likeness (QED) is 0.242. The highest BCUT2D eigenvalue weighted by molar-refractivity contribution is 8.17. The molecular formula is C32H36O5S. The number of aliphatic carboxylic acids is 1. The lowest BCUT2D eigenvalue weighted by Gasteiger charge is -2.41. The minimum atomic E-state index is -0.729. The second-order valence-corrected chi connectivity index (χ2v) is 12.9. The smallest absolute Gasteiger partial charge is 0.344 e. The highest BCUT2D eigenvalue weighted by atomic mass is 32.2. The van der Waals surface area contributed by atoms with Crippen LogP contribution in [0.25, 0.3) is 0 Å². The molecule has 38 heavy (non-hydrogen) atoms. The number of carboxylic acid groups (broad SMARTS) is 1. The van der Waals surface area contributed by atoms with Crippen LogP contribution in [0.2, 0.25) is 0 Å². The lowest BCUT2D eigenvalue weighted by molar-refractivity contribution is -0.160. The third-order valence-corrected chi connectivity index (χ3v) is 10.3. The third kappa shape index (κ3) is 5.91. The molecule has 1 N–H and O–H groups in total. The Morgan fingerprint density at radius 1 is 0.842 bits per heavy atom. The van der Waals surface area contributed by atoms with E-state index in [0.29, 0.717) is 18.1 Å². The molecule has 0 spiro atoms. The molecule has 200 valence electrons. The molecule has 0 radical (unpaired) electrons. The van der Waals surface area contributed by atoms with Crippen LogP contribution in [0, 0.1) is 31.6 Å². The zero-order chi connectivity index (χ0) is 26.6. The molecule has 0 aliphatic heterocycles. The highest BCUT2D eigenvalue weighted by Crippen LogP contribution is 2.52. The molecule has 4 unspecified atom stereocenters.